The number of aliphatic carboxylic acids is 2. The second-order valence-corrected chi connectivity index (χ2v) is 12.2. The first kappa shape index (κ1) is 30.8. The van der Waals surface area contributed by atoms with Crippen LogP contribution >= 0.6 is 0 Å². The molecule has 5 heterocycles. The molecular weight excluding hydrogens is 560 g/mol. The fourth-order valence-corrected chi connectivity index (χ4v) is 7.19. The second kappa shape index (κ2) is 11.8. The van der Waals surface area contributed by atoms with Crippen LogP contribution in [-0.2, 0) is 9.59 Å². The van der Waals surface area contributed by atoms with Crippen LogP contribution in [0.25, 0.3) is 29.9 Å². The summed E-state index contributed by atoms with van der Waals surface area (Å²) in [6.07, 6.45) is 8.38. The van der Waals surface area contributed by atoms with Gasteiger partial charge in [-0.1, -0.05) is 39.8 Å². The van der Waals surface area contributed by atoms with Crippen molar-refractivity contribution < 1.29 is 29.7 Å². The molecule has 3 aliphatic heterocycles. The van der Waals surface area contributed by atoms with Crippen molar-refractivity contribution in [1.82, 2.24) is 15.3 Å². The van der Waals surface area contributed by atoms with E-state index in [1.807, 2.05) is 32.1 Å². The lowest BCUT2D eigenvalue weighted by Crippen LogP contribution is -2.29. The maximum atomic E-state index is 12.7. The molecule has 3 aliphatic rings. The highest BCUT2D eigenvalue weighted by molar-refractivity contribution is 6.24. The quantitative estimate of drug-likeness (QED) is 0.262. The predicted molar refractivity (Wildman–Crippen MR) is 170 cm³/mol. The summed E-state index contributed by atoms with van der Waals surface area (Å²) in [4.78, 5) is 48.4. The van der Waals surface area contributed by atoms with Gasteiger partial charge in [-0.05, 0) is 55.5 Å². The summed E-state index contributed by atoms with van der Waals surface area (Å²) in [5.74, 6) is -3.55. The lowest BCUT2D eigenvalue weighted by atomic mass is 9.82. The number of H-pyrrole nitrogens is 2. The topological polar surface area (TPSA) is 168 Å². The summed E-state index contributed by atoms with van der Waals surface area (Å²) >= 11 is 0. The van der Waals surface area contributed by atoms with Gasteiger partial charge in [-0.2, -0.15) is 0 Å². The number of hydrogen-bond acceptors (Lipinski definition) is 5. The van der Waals surface area contributed by atoms with Crippen molar-refractivity contribution in [3.8, 4) is 0 Å². The molecule has 0 spiro atoms. The maximum Gasteiger partial charge on any atom is 0.338 e. The third-order valence-corrected chi connectivity index (χ3v) is 9.69. The molecule has 3 unspecified atom stereocenters. The number of rotatable bonds is 8. The standard InChI is InChI=1S/C34H40N4O6/c1-7-19-15(3)23-12-25-17(5)21(9-10-29(39)40)32(37-25)22(11-30(41)42)33-31(34(43)44)18(6)26(38-33)14-28-20(8-2)16(4)24(36-28)13-27(19)35-23/h7,12-14,16-17,20-21,28,35-36,38H,1,8-11H2,2-6H3,(H,39,40)(H,41,42)(H,43,44)/b24-13-,25-12-,26-14-,33-22-/t16?,17-,20?,21-,28?/m0/s1. The summed E-state index contributed by atoms with van der Waals surface area (Å²) in [5, 5.41) is 34.4. The van der Waals surface area contributed by atoms with Crippen molar-refractivity contribution in [1.29, 1.82) is 0 Å². The molecule has 5 rings (SSSR count). The molecule has 1 saturated heterocycles. The zero-order valence-electron chi connectivity index (χ0n) is 25.7. The highest BCUT2D eigenvalue weighted by atomic mass is 16.4. The van der Waals surface area contributed by atoms with Gasteiger partial charge in [-0.15, -0.1) is 0 Å². The van der Waals surface area contributed by atoms with Gasteiger partial charge in [0.05, 0.1) is 23.0 Å². The predicted octanol–water partition coefficient (Wildman–Crippen LogP) is 4.31. The van der Waals surface area contributed by atoms with Crippen LogP contribution in [0.4, 0.5) is 0 Å². The van der Waals surface area contributed by atoms with E-state index in [4.69, 9.17) is 4.99 Å². The van der Waals surface area contributed by atoms with Crippen molar-refractivity contribution in [2.75, 3.05) is 0 Å². The lowest BCUT2D eigenvalue weighted by molar-refractivity contribution is -0.137. The van der Waals surface area contributed by atoms with Gasteiger partial charge in [0.2, 0.25) is 0 Å². The van der Waals surface area contributed by atoms with Crippen LogP contribution in [0.15, 0.2) is 23.0 Å². The number of hydrogen-bond donors (Lipinski definition) is 6. The minimum atomic E-state index is -1.18. The lowest BCUT2D eigenvalue weighted by Gasteiger charge is -2.19. The fraction of sp³-hybridized carbons (Fsp3) is 0.412. The molecule has 0 saturated carbocycles. The fourth-order valence-electron chi connectivity index (χ4n) is 7.19. The number of fused-ring (bicyclic) bond motifs is 7. The Labute approximate surface area is 255 Å². The average Bonchev–Trinajstić information content (AvgIpc) is 3.63. The molecule has 5 atom stereocenters. The molecule has 0 aromatic carbocycles. The van der Waals surface area contributed by atoms with Crippen molar-refractivity contribution >= 4 is 53.5 Å². The van der Waals surface area contributed by atoms with Gasteiger partial charge < -0.3 is 30.6 Å². The molecule has 2 aromatic heterocycles. The molecule has 6 N–H and O–H groups in total. The first-order valence-corrected chi connectivity index (χ1v) is 15.1. The van der Waals surface area contributed by atoms with Gasteiger partial charge in [0.15, 0.2) is 0 Å². The van der Waals surface area contributed by atoms with Crippen LogP contribution < -0.4 is 16.0 Å². The number of carboxylic acid groups (broad SMARTS) is 3. The zero-order chi connectivity index (χ0) is 32.0. The molecule has 8 bridgehead atoms. The number of allylic oxidation sites excluding steroid dienone is 2. The van der Waals surface area contributed by atoms with Crippen LogP contribution in [0.2, 0.25) is 0 Å². The van der Waals surface area contributed by atoms with Crippen molar-refractivity contribution in [2.24, 2.45) is 28.7 Å². The molecular formula is C34H40N4O6. The van der Waals surface area contributed by atoms with Crippen LogP contribution in [-0.4, -0.2) is 54.9 Å². The summed E-state index contributed by atoms with van der Waals surface area (Å²) in [7, 11) is 0. The van der Waals surface area contributed by atoms with Crippen molar-refractivity contribution in [2.45, 2.75) is 66.3 Å². The van der Waals surface area contributed by atoms with Crippen LogP contribution in [0, 0.1) is 37.5 Å². The van der Waals surface area contributed by atoms with Crippen LogP contribution in [0.3, 0.4) is 0 Å². The van der Waals surface area contributed by atoms with E-state index in [2.05, 4.69) is 41.8 Å². The van der Waals surface area contributed by atoms with Crippen LogP contribution in [0.1, 0.15) is 84.9 Å². The Balaban J connectivity index is 1.91. The first-order valence-electron chi connectivity index (χ1n) is 15.1. The molecule has 0 aliphatic carbocycles. The van der Waals surface area contributed by atoms with E-state index < -0.39 is 30.2 Å². The third-order valence-electron chi connectivity index (χ3n) is 9.69. The van der Waals surface area contributed by atoms with E-state index in [0.29, 0.717) is 22.3 Å². The maximum absolute atomic E-state index is 12.7. The highest BCUT2D eigenvalue weighted by Crippen LogP contribution is 2.40. The Morgan fingerprint density at radius 1 is 1.00 bits per heavy atom. The van der Waals surface area contributed by atoms with E-state index in [1.165, 1.54) is 0 Å². The molecule has 0 amide bonds. The zero-order valence-corrected chi connectivity index (χ0v) is 25.7. The van der Waals surface area contributed by atoms with E-state index in [-0.39, 0.29) is 53.1 Å². The van der Waals surface area contributed by atoms with Gasteiger partial charge in [0, 0.05) is 69.5 Å². The number of nitrogens with zero attached hydrogens (tertiary/aromatic N) is 1. The van der Waals surface area contributed by atoms with Gasteiger partial charge in [-0.25, -0.2) is 4.79 Å². The van der Waals surface area contributed by atoms with Gasteiger partial charge >= 0.3 is 17.9 Å². The summed E-state index contributed by atoms with van der Waals surface area (Å²) < 4.78 is 0. The molecule has 232 valence electrons. The largest absolute Gasteiger partial charge is 0.481 e. The SMILES string of the molecule is C=Cc1c2[nH]c(c1C)/C=C1N=C(/C(CC(=O)O)=c3\[nH]/c(c(C)c3C(=O)O)=C\C3N/C(=C\2)C(C)C3CC)[C@@H](CCC(=O)O)[C@@H]\1C. The molecule has 0 radical (unpaired) electrons. The van der Waals surface area contributed by atoms with Crippen LogP contribution in [0.5, 0.6) is 0 Å². The summed E-state index contributed by atoms with van der Waals surface area (Å²) in [6, 6.07) is -0.106. The third kappa shape index (κ3) is 5.33. The Kier molecular flexibility index (Phi) is 8.29. The second-order valence-electron chi connectivity index (χ2n) is 12.2. The van der Waals surface area contributed by atoms with Crippen molar-refractivity contribution in [3.63, 3.8) is 0 Å². The Morgan fingerprint density at radius 3 is 2.34 bits per heavy atom. The number of carbonyl (C=O) groups is 3. The summed E-state index contributed by atoms with van der Waals surface area (Å²) in [6.45, 7) is 14.0. The molecule has 1 fully saturated rings. The number of aromatic amines is 2. The number of aromatic nitrogens is 2. The molecule has 10 heteroatoms. The van der Waals surface area contributed by atoms with E-state index in [1.54, 1.807) is 6.92 Å². The van der Waals surface area contributed by atoms with E-state index in [0.717, 1.165) is 34.6 Å². The van der Waals surface area contributed by atoms with Gasteiger partial charge in [0.25, 0.3) is 0 Å². The minimum Gasteiger partial charge on any atom is -0.481 e. The van der Waals surface area contributed by atoms with Crippen molar-refractivity contribution in [3.05, 3.63) is 62.3 Å². The monoisotopic (exact) mass is 600 g/mol. The molecule has 44 heavy (non-hydrogen) atoms. The Hall–Kier alpha value is -4.60. The van der Waals surface area contributed by atoms with E-state index >= 15 is 0 Å². The van der Waals surface area contributed by atoms with E-state index in [9.17, 15) is 29.7 Å². The average molecular weight is 601 g/mol. The van der Waals surface area contributed by atoms with Gasteiger partial charge in [0.1, 0.15) is 0 Å². The number of aromatic carboxylic acids is 1. The number of nitrogens with one attached hydrogen (secondary N) is 3. The minimum absolute atomic E-state index is 0.00324. The number of carboxylic acids is 3. The first-order chi connectivity index (χ1) is 20.9. The molecule has 2 aromatic rings. The normalized spacial score (nSPS) is 28.5. The smallest absolute Gasteiger partial charge is 0.338 e. The molecule has 10 nitrogen and oxygen atoms in total. The summed E-state index contributed by atoms with van der Waals surface area (Å²) in [5.41, 5.74) is 6.56. The highest BCUT2D eigenvalue weighted by Gasteiger charge is 2.37. The van der Waals surface area contributed by atoms with Gasteiger partial charge in [-0.3, -0.25) is 14.6 Å². The number of aliphatic imine (C=N–C) groups is 1. The Morgan fingerprint density at radius 2 is 1.73 bits per heavy atom. The Bertz CT molecular complexity index is 1790.